The minimum Gasteiger partial charge on any atom is -0.497 e. The van der Waals surface area contributed by atoms with Crippen LogP contribution in [0, 0.1) is 13.8 Å². The van der Waals surface area contributed by atoms with Crippen LogP contribution in [-0.4, -0.2) is 17.1 Å². The van der Waals surface area contributed by atoms with Gasteiger partial charge in [-0.15, -0.1) is 11.3 Å². The largest absolute Gasteiger partial charge is 0.497 e. The van der Waals surface area contributed by atoms with E-state index in [0.717, 1.165) is 44.4 Å². The Morgan fingerprint density at radius 1 is 1.00 bits per heavy atom. The van der Waals surface area contributed by atoms with Crippen LogP contribution >= 0.6 is 11.3 Å². The van der Waals surface area contributed by atoms with E-state index < -0.39 is 0 Å². The van der Waals surface area contributed by atoms with E-state index in [2.05, 4.69) is 57.9 Å². The molecule has 0 fully saturated rings. The van der Waals surface area contributed by atoms with Gasteiger partial charge in [-0.1, -0.05) is 24.3 Å². The Morgan fingerprint density at radius 2 is 1.81 bits per heavy atom. The predicted molar refractivity (Wildman–Crippen MR) is 109 cm³/mol. The highest BCUT2D eigenvalue weighted by atomic mass is 32.1. The summed E-state index contributed by atoms with van der Waals surface area (Å²) in [5.74, 6) is 2.44. The first-order valence-corrected chi connectivity index (χ1v) is 9.26. The molecule has 4 aromatic rings. The molecule has 1 N–H and O–H groups in total. The molecule has 0 atom stereocenters. The van der Waals surface area contributed by atoms with Crippen molar-refractivity contribution in [1.29, 1.82) is 0 Å². The summed E-state index contributed by atoms with van der Waals surface area (Å²) in [6.07, 6.45) is 0. The van der Waals surface area contributed by atoms with Crippen molar-refractivity contribution in [3.8, 4) is 16.9 Å². The average molecular weight is 361 g/mol. The van der Waals surface area contributed by atoms with Gasteiger partial charge in [0.05, 0.1) is 12.5 Å². The van der Waals surface area contributed by atoms with Crippen LogP contribution in [0.25, 0.3) is 21.3 Å². The number of fused-ring (bicyclic) bond motifs is 1. The van der Waals surface area contributed by atoms with Crippen LogP contribution in [0.2, 0.25) is 0 Å². The highest BCUT2D eigenvalue weighted by molar-refractivity contribution is 7.17. The van der Waals surface area contributed by atoms with Crippen LogP contribution < -0.4 is 10.1 Å². The van der Waals surface area contributed by atoms with E-state index in [1.54, 1.807) is 18.4 Å². The van der Waals surface area contributed by atoms with Gasteiger partial charge in [-0.3, -0.25) is 0 Å². The van der Waals surface area contributed by atoms with Crippen molar-refractivity contribution in [2.75, 3.05) is 12.4 Å². The second-order valence-corrected chi connectivity index (χ2v) is 7.03. The zero-order chi connectivity index (χ0) is 18.1. The van der Waals surface area contributed by atoms with Gasteiger partial charge >= 0.3 is 0 Å². The van der Waals surface area contributed by atoms with Crippen molar-refractivity contribution in [2.45, 2.75) is 13.8 Å². The number of aryl methyl sites for hydroxylation is 2. The number of hydrogen-bond acceptors (Lipinski definition) is 5. The van der Waals surface area contributed by atoms with E-state index in [0.29, 0.717) is 0 Å². The molecule has 0 saturated heterocycles. The van der Waals surface area contributed by atoms with E-state index in [9.17, 15) is 0 Å². The first-order chi connectivity index (χ1) is 12.6. The molecule has 0 unspecified atom stereocenters. The summed E-state index contributed by atoms with van der Waals surface area (Å²) in [6, 6.07) is 16.4. The molecule has 130 valence electrons. The predicted octanol–water partition coefficient (Wildman–Crippen LogP) is 5.73. The van der Waals surface area contributed by atoms with Crippen LogP contribution in [-0.2, 0) is 0 Å². The van der Waals surface area contributed by atoms with Gasteiger partial charge in [0, 0.05) is 16.6 Å². The molecule has 5 heteroatoms. The number of benzene rings is 2. The standard InChI is InChI=1S/C21H19N3OS/c1-13-5-4-6-16(11-13)24-20-19-18(12-26-21(19)23-14(2)22-20)15-7-9-17(25-3)10-8-15/h4-12H,1-3H3,(H,22,23,24). The maximum Gasteiger partial charge on any atom is 0.143 e. The number of rotatable bonds is 4. The zero-order valence-corrected chi connectivity index (χ0v) is 15.7. The summed E-state index contributed by atoms with van der Waals surface area (Å²) in [4.78, 5) is 10.3. The molecule has 0 radical (unpaired) electrons. The SMILES string of the molecule is COc1ccc(-c2csc3nc(C)nc(Nc4cccc(C)c4)c23)cc1. The molecular weight excluding hydrogens is 342 g/mol. The Labute approximate surface area is 156 Å². The maximum atomic E-state index is 5.27. The van der Waals surface area contributed by atoms with Gasteiger partial charge in [-0.05, 0) is 49.2 Å². The van der Waals surface area contributed by atoms with Crippen molar-refractivity contribution in [1.82, 2.24) is 9.97 Å². The van der Waals surface area contributed by atoms with Gasteiger partial charge in [0.1, 0.15) is 22.2 Å². The van der Waals surface area contributed by atoms with Crippen LogP contribution in [0.1, 0.15) is 11.4 Å². The third kappa shape index (κ3) is 3.13. The minimum absolute atomic E-state index is 0.760. The lowest BCUT2D eigenvalue weighted by atomic mass is 10.1. The number of ether oxygens (including phenoxy) is 1. The number of nitrogens with zero attached hydrogens (tertiary/aromatic N) is 2. The minimum atomic E-state index is 0.760. The maximum absolute atomic E-state index is 5.27. The van der Waals surface area contributed by atoms with Crippen molar-refractivity contribution in [3.05, 3.63) is 65.3 Å². The van der Waals surface area contributed by atoms with E-state index in [-0.39, 0.29) is 0 Å². The highest BCUT2D eigenvalue weighted by Gasteiger charge is 2.15. The van der Waals surface area contributed by atoms with Gasteiger partial charge in [-0.25, -0.2) is 9.97 Å². The van der Waals surface area contributed by atoms with Crippen LogP contribution in [0.3, 0.4) is 0 Å². The number of anilines is 2. The molecule has 0 aliphatic heterocycles. The van der Waals surface area contributed by atoms with Gasteiger partial charge < -0.3 is 10.1 Å². The Balaban J connectivity index is 1.84. The monoisotopic (exact) mass is 361 g/mol. The Hall–Kier alpha value is -2.92. The second-order valence-electron chi connectivity index (χ2n) is 6.17. The fraction of sp³-hybridized carbons (Fsp3) is 0.143. The van der Waals surface area contributed by atoms with Crippen molar-refractivity contribution in [3.63, 3.8) is 0 Å². The van der Waals surface area contributed by atoms with E-state index in [1.165, 1.54) is 5.56 Å². The lowest BCUT2D eigenvalue weighted by Gasteiger charge is -2.10. The summed E-state index contributed by atoms with van der Waals surface area (Å²) in [5.41, 5.74) is 4.48. The number of aromatic nitrogens is 2. The van der Waals surface area contributed by atoms with Crippen molar-refractivity contribution >= 4 is 33.1 Å². The summed E-state index contributed by atoms with van der Waals surface area (Å²) in [7, 11) is 1.68. The molecule has 2 aromatic carbocycles. The van der Waals surface area contributed by atoms with Gasteiger partial charge in [0.15, 0.2) is 0 Å². The van der Waals surface area contributed by atoms with Crippen molar-refractivity contribution in [2.24, 2.45) is 0 Å². The highest BCUT2D eigenvalue weighted by Crippen LogP contribution is 2.38. The molecule has 2 heterocycles. The zero-order valence-electron chi connectivity index (χ0n) is 14.9. The lowest BCUT2D eigenvalue weighted by Crippen LogP contribution is -1.98. The van der Waals surface area contributed by atoms with Crippen LogP contribution in [0.5, 0.6) is 5.75 Å². The van der Waals surface area contributed by atoms with E-state index in [1.807, 2.05) is 25.1 Å². The molecule has 0 bridgehead atoms. The lowest BCUT2D eigenvalue weighted by molar-refractivity contribution is 0.415. The molecule has 0 aliphatic rings. The summed E-state index contributed by atoms with van der Waals surface area (Å²) in [5, 5.41) is 6.67. The number of thiophene rings is 1. The molecule has 0 saturated carbocycles. The average Bonchev–Trinajstić information content (AvgIpc) is 3.06. The number of nitrogens with one attached hydrogen (secondary N) is 1. The summed E-state index contributed by atoms with van der Waals surface area (Å²) >= 11 is 1.64. The Morgan fingerprint density at radius 3 is 2.54 bits per heavy atom. The van der Waals surface area contributed by atoms with Crippen molar-refractivity contribution < 1.29 is 4.74 Å². The van der Waals surface area contributed by atoms with Gasteiger partial charge in [0.25, 0.3) is 0 Å². The third-order valence-corrected chi connectivity index (χ3v) is 5.10. The first-order valence-electron chi connectivity index (χ1n) is 8.38. The molecule has 0 spiro atoms. The van der Waals surface area contributed by atoms with E-state index >= 15 is 0 Å². The molecule has 2 aromatic heterocycles. The molecule has 4 rings (SSSR count). The summed E-state index contributed by atoms with van der Waals surface area (Å²) in [6.45, 7) is 4.01. The molecule has 0 aliphatic carbocycles. The smallest absolute Gasteiger partial charge is 0.143 e. The fourth-order valence-corrected chi connectivity index (χ4v) is 3.97. The van der Waals surface area contributed by atoms with Crippen LogP contribution in [0.15, 0.2) is 53.9 Å². The van der Waals surface area contributed by atoms with Gasteiger partial charge in [0.2, 0.25) is 0 Å². The molecule has 0 amide bonds. The van der Waals surface area contributed by atoms with E-state index in [4.69, 9.17) is 4.74 Å². The first kappa shape index (κ1) is 16.5. The normalized spacial score (nSPS) is 10.9. The molecule has 26 heavy (non-hydrogen) atoms. The van der Waals surface area contributed by atoms with Crippen LogP contribution in [0.4, 0.5) is 11.5 Å². The summed E-state index contributed by atoms with van der Waals surface area (Å²) < 4.78 is 5.27. The molecular formula is C21H19N3OS. The second kappa shape index (κ2) is 6.77. The Kier molecular flexibility index (Phi) is 4.31. The fourth-order valence-electron chi connectivity index (χ4n) is 2.98. The number of methoxy groups -OCH3 is 1. The number of hydrogen-bond donors (Lipinski definition) is 1. The third-order valence-electron chi connectivity index (χ3n) is 4.23. The molecule has 4 nitrogen and oxygen atoms in total. The van der Waals surface area contributed by atoms with Gasteiger partial charge in [-0.2, -0.15) is 0 Å². The Bertz CT molecular complexity index is 1070. The topological polar surface area (TPSA) is 47.0 Å². The quantitative estimate of drug-likeness (QED) is 0.504.